The summed E-state index contributed by atoms with van der Waals surface area (Å²) in [4.78, 5) is 25.1. The number of nitrogens with zero attached hydrogens (tertiary/aromatic N) is 1. The number of urea groups is 1. The van der Waals surface area contributed by atoms with Gasteiger partial charge in [-0.25, -0.2) is 13.2 Å². The molecular weight excluding hydrogens is 332 g/mol. The number of amides is 3. The SMILES string of the molecule is CS(=O)(=O)Nc1cccc(NC(=O)NCCCN2CCCC2=O)c1. The number of nitrogens with one attached hydrogen (secondary N) is 3. The Bertz CT molecular complexity index is 705. The second-order valence-corrected chi connectivity index (χ2v) is 7.42. The van der Waals surface area contributed by atoms with Crippen LogP contribution in [0.3, 0.4) is 0 Å². The van der Waals surface area contributed by atoms with Gasteiger partial charge in [0.25, 0.3) is 0 Å². The molecule has 0 spiro atoms. The molecule has 0 saturated carbocycles. The molecule has 3 amide bonds. The van der Waals surface area contributed by atoms with E-state index in [2.05, 4.69) is 15.4 Å². The molecule has 1 aliphatic rings. The van der Waals surface area contributed by atoms with Gasteiger partial charge in [0.05, 0.1) is 11.9 Å². The van der Waals surface area contributed by atoms with E-state index < -0.39 is 10.0 Å². The van der Waals surface area contributed by atoms with Crippen molar-refractivity contribution < 1.29 is 18.0 Å². The molecule has 132 valence electrons. The fourth-order valence-corrected chi connectivity index (χ4v) is 3.02. The van der Waals surface area contributed by atoms with Gasteiger partial charge in [0.15, 0.2) is 0 Å². The molecule has 0 unspecified atom stereocenters. The number of carbonyl (C=O) groups is 2. The van der Waals surface area contributed by atoms with Gasteiger partial charge in [0, 0.05) is 31.7 Å². The average Bonchev–Trinajstić information content (AvgIpc) is 2.87. The van der Waals surface area contributed by atoms with E-state index in [1.54, 1.807) is 23.1 Å². The summed E-state index contributed by atoms with van der Waals surface area (Å²) in [7, 11) is -3.36. The van der Waals surface area contributed by atoms with Gasteiger partial charge in [-0.15, -0.1) is 0 Å². The minimum atomic E-state index is -3.36. The monoisotopic (exact) mass is 354 g/mol. The van der Waals surface area contributed by atoms with Gasteiger partial charge < -0.3 is 15.5 Å². The van der Waals surface area contributed by atoms with Crippen molar-refractivity contribution in [2.24, 2.45) is 0 Å². The molecule has 3 N–H and O–H groups in total. The average molecular weight is 354 g/mol. The summed E-state index contributed by atoms with van der Waals surface area (Å²) in [6.07, 6.45) is 3.27. The molecule has 0 aromatic heterocycles. The highest BCUT2D eigenvalue weighted by Gasteiger charge is 2.18. The van der Waals surface area contributed by atoms with Gasteiger partial charge in [-0.05, 0) is 31.0 Å². The minimum Gasteiger partial charge on any atom is -0.343 e. The van der Waals surface area contributed by atoms with Crippen molar-refractivity contribution in [1.29, 1.82) is 0 Å². The molecule has 0 atom stereocenters. The topological polar surface area (TPSA) is 108 Å². The molecule has 0 bridgehead atoms. The van der Waals surface area contributed by atoms with Crippen LogP contribution in [0.1, 0.15) is 19.3 Å². The van der Waals surface area contributed by atoms with Crippen LogP contribution in [0.25, 0.3) is 0 Å². The number of benzene rings is 1. The van der Waals surface area contributed by atoms with Crippen molar-refractivity contribution >= 4 is 33.3 Å². The zero-order valence-electron chi connectivity index (χ0n) is 13.5. The molecule has 0 aliphatic carbocycles. The van der Waals surface area contributed by atoms with Crippen LogP contribution in [0, 0.1) is 0 Å². The molecule has 1 saturated heterocycles. The van der Waals surface area contributed by atoms with E-state index in [0.29, 0.717) is 37.3 Å². The van der Waals surface area contributed by atoms with Crippen molar-refractivity contribution in [1.82, 2.24) is 10.2 Å². The summed E-state index contributed by atoms with van der Waals surface area (Å²) in [5, 5.41) is 5.35. The Balaban J connectivity index is 1.74. The van der Waals surface area contributed by atoms with Crippen molar-refractivity contribution in [2.75, 3.05) is 35.9 Å². The van der Waals surface area contributed by atoms with Crippen LogP contribution in [-0.4, -0.2) is 51.1 Å². The molecule has 1 fully saturated rings. The molecule has 8 nitrogen and oxygen atoms in total. The van der Waals surface area contributed by atoms with Crippen molar-refractivity contribution in [2.45, 2.75) is 19.3 Å². The summed E-state index contributed by atoms with van der Waals surface area (Å²) in [6, 6.07) is 6.05. The van der Waals surface area contributed by atoms with Gasteiger partial charge in [-0.2, -0.15) is 0 Å². The third-order valence-electron chi connectivity index (χ3n) is 3.49. The Kier molecular flexibility index (Phi) is 6.02. The van der Waals surface area contributed by atoms with Crippen LogP contribution in [-0.2, 0) is 14.8 Å². The van der Waals surface area contributed by atoms with Crippen LogP contribution in [0.4, 0.5) is 16.2 Å². The van der Waals surface area contributed by atoms with Crippen LogP contribution >= 0.6 is 0 Å². The molecule has 9 heteroatoms. The predicted octanol–water partition coefficient (Wildman–Crippen LogP) is 1.19. The number of rotatable bonds is 7. The van der Waals surface area contributed by atoms with Crippen LogP contribution in [0.5, 0.6) is 0 Å². The zero-order chi connectivity index (χ0) is 17.6. The minimum absolute atomic E-state index is 0.176. The summed E-state index contributed by atoms with van der Waals surface area (Å²) in [6.45, 7) is 1.90. The second kappa shape index (κ2) is 8.00. The first-order valence-corrected chi connectivity index (χ1v) is 9.63. The van der Waals surface area contributed by atoms with E-state index in [0.717, 1.165) is 19.2 Å². The van der Waals surface area contributed by atoms with E-state index in [1.807, 2.05) is 0 Å². The molecular formula is C15H22N4O4S. The Morgan fingerprint density at radius 2 is 2.04 bits per heavy atom. The van der Waals surface area contributed by atoms with Gasteiger partial charge >= 0.3 is 6.03 Å². The number of likely N-dealkylation sites (tertiary alicyclic amines) is 1. The first-order chi connectivity index (χ1) is 11.3. The standard InChI is InChI=1S/C15H22N4O4S/c1-24(22,23)18-13-6-2-5-12(11-13)17-15(21)16-8-4-10-19-9-3-7-14(19)20/h2,5-6,11,18H,3-4,7-10H2,1H3,(H2,16,17,21). The number of anilines is 2. The highest BCUT2D eigenvalue weighted by molar-refractivity contribution is 7.92. The van der Waals surface area contributed by atoms with Crippen LogP contribution in [0.2, 0.25) is 0 Å². The normalized spacial score (nSPS) is 14.5. The highest BCUT2D eigenvalue weighted by atomic mass is 32.2. The maximum Gasteiger partial charge on any atom is 0.319 e. The Morgan fingerprint density at radius 3 is 2.71 bits per heavy atom. The molecule has 1 aromatic rings. The molecule has 0 radical (unpaired) electrons. The predicted molar refractivity (Wildman–Crippen MR) is 92.4 cm³/mol. The zero-order valence-corrected chi connectivity index (χ0v) is 14.4. The quantitative estimate of drug-likeness (QED) is 0.639. The first-order valence-electron chi connectivity index (χ1n) is 7.74. The van der Waals surface area contributed by atoms with Crippen LogP contribution < -0.4 is 15.4 Å². The maximum atomic E-state index is 11.8. The molecule has 24 heavy (non-hydrogen) atoms. The fraction of sp³-hybridized carbons (Fsp3) is 0.467. The smallest absolute Gasteiger partial charge is 0.319 e. The highest BCUT2D eigenvalue weighted by Crippen LogP contribution is 2.15. The number of hydrogen-bond acceptors (Lipinski definition) is 4. The number of sulfonamides is 1. The van der Waals surface area contributed by atoms with Crippen molar-refractivity contribution in [3.63, 3.8) is 0 Å². The molecule has 2 rings (SSSR count). The lowest BCUT2D eigenvalue weighted by Crippen LogP contribution is -2.33. The van der Waals surface area contributed by atoms with Gasteiger partial charge in [0.1, 0.15) is 0 Å². The van der Waals surface area contributed by atoms with E-state index >= 15 is 0 Å². The Labute approximate surface area is 141 Å². The van der Waals surface area contributed by atoms with Crippen LogP contribution in [0.15, 0.2) is 24.3 Å². The van der Waals surface area contributed by atoms with Crippen molar-refractivity contribution in [3.8, 4) is 0 Å². The Hall–Kier alpha value is -2.29. The first kappa shape index (κ1) is 18.1. The van der Waals surface area contributed by atoms with Gasteiger partial charge in [-0.3, -0.25) is 9.52 Å². The summed E-state index contributed by atoms with van der Waals surface area (Å²) in [5.74, 6) is 0.176. The van der Waals surface area contributed by atoms with Crippen molar-refractivity contribution in [3.05, 3.63) is 24.3 Å². The molecule has 1 aromatic carbocycles. The fourth-order valence-electron chi connectivity index (χ4n) is 2.46. The summed E-state index contributed by atoms with van der Waals surface area (Å²) >= 11 is 0. The van der Waals surface area contributed by atoms with E-state index in [4.69, 9.17) is 0 Å². The number of hydrogen-bond donors (Lipinski definition) is 3. The number of carbonyl (C=O) groups excluding carboxylic acids is 2. The van der Waals surface area contributed by atoms with E-state index in [9.17, 15) is 18.0 Å². The molecule has 1 aliphatic heterocycles. The van der Waals surface area contributed by atoms with E-state index in [-0.39, 0.29) is 11.9 Å². The van der Waals surface area contributed by atoms with E-state index in [1.165, 1.54) is 6.07 Å². The lowest BCUT2D eigenvalue weighted by Gasteiger charge is -2.15. The molecule has 1 heterocycles. The maximum absolute atomic E-state index is 11.8. The Morgan fingerprint density at radius 1 is 1.29 bits per heavy atom. The third-order valence-corrected chi connectivity index (χ3v) is 4.09. The lowest BCUT2D eigenvalue weighted by atomic mass is 10.3. The largest absolute Gasteiger partial charge is 0.343 e. The van der Waals surface area contributed by atoms with Gasteiger partial charge in [0.2, 0.25) is 15.9 Å². The second-order valence-electron chi connectivity index (χ2n) is 5.67. The third kappa shape index (κ3) is 6.07. The van der Waals surface area contributed by atoms with Gasteiger partial charge in [-0.1, -0.05) is 6.07 Å². The summed E-state index contributed by atoms with van der Waals surface area (Å²) in [5.41, 5.74) is 0.860. The summed E-state index contributed by atoms with van der Waals surface area (Å²) < 4.78 is 24.7. The lowest BCUT2D eigenvalue weighted by molar-refractivity contribution is -0.127.